The molecule has 2 aromatic carbocycles. The number of aliphatic hydroxyl groups excluding tert-OH is 1. The second-order valence-electron chi connectivity index (χ2n) is 6.58. The molecule has 3 rings (SSSR count). The van der Waals surface area contributed by atoms with Crippen LogP contribution in [-0.4, -0.2) is 46.6 Å². The molecule has 2 aromatic rings. The van der Waals surface area contributed by atoms with E-state index in [9.17, 15) is 19.0 Å². The number of hydrogen-bond donors (Lipinski definition) is 3. The average molecular weight is 348 g/mol. The molecule has 134 valence electrons. The van der Waals surface area contributed by atoms with Crippen molar-refractivity contribution in [3.63, 3.8) is 0 Å². The summed E-state index contributed by atoms with van der Waals surface area (Å²) in [4.78, 5) is 1.79. The second kappa shape index (κ2) is 7.17. The Bertz CT molecular complexity index is 663. The summed E-state index contributed by atoms with van der Waals surface area (Å²) in [6.45, 7) is 2.20. The van der Waals surface area contributed by atoms with Crippen molar-refractivity contribution in [1.82, 2.24) is 10.2 Å². The van der Waals surface area contributed by atoms with Crippen LogP contribution in [0.5, 0.6) is 0 Å². The Balaban J connectivity index is 2.09. The van der Waals surface area contributed by atoms with Crippen LogP contribution in [0.25, 0.3) is 0 Å². The molecule has 1 aliphatic heterocycles. The van der Waals surface area contributed by atoms with Crippen LogP contribution in [0.15, 0.2) is 48.5 Å². The molecule has 1 aliphatic rings. The highest BCUT2D eigenvalue weighted by Gasteiger charge is 2.43. The van der Waals surface area contributed by atoms with Crippen molar-refractivity contribution in [2.24, 2.45) is 0 Å². The number of piperazine rings is 1. The van der Waals surface area contributed by atoms with Crippen LogP contribution in [0.3, 0.4) is 0 Å². The molecule has 2 atom stereocenters. The average Bonchev–Trinajstić information content (AvgIpc) is 2.61. The van der Waals surface area contributed by atoms with Gasteiger partial charge in [0, 0.05) is 19.1 Å². The zero-order valence-corrected chi connectivity index (χ0v) is 14.0. The first-order valence-corrected chi connectivity index (χ1v) is 8.27. The second-order valence-corrected chi connectivity index (χ2v) is 6.58. The molecular weight excluding hydrogens is 326 g/mol. The van der Waals surface area contributed by atoms with Crippen LogP contribution in [0.4, 0.5) is 8.78 Å². The predicted octanol–water partition coefficient (Wildman–Crippen LogP) is 2.03. The quantitative estimate of drug-likeness (QED) is 0.791. The smallest absolute Gasteiger partial charge is 0.155 e. The summed E-state index contributed by atoms with van der Waals surface area (Å²) in [5.74, 6) is -0.708. The molecule has 25 heavy (non-hydrogen) atoms. The van der Waals surface area contributed by atoms with Gasteiger partial charge >= 0.3 is 0 Å². The number of hydrogen-bond acceptors (Lipinski definition) is 4. The molecule has 0 amide bonds. The normalized spacial score (nSPS) is 24.6. The van der Waals surface area contributed by atoms with Crippen LogP contribution in [0, 0.1) is 11.6 Å². The Morgan fingerprint density at radius 2 is 1.56 bits per heavy atom. The summed E-state index contributed by atoms with van der Waals surface area (Å²) < 4.78 is 26.7. The Labute approximate surface area is 145 Å². The molecule has 0 aliphatic carbocycles. The third-order valence-electron chi connectivity index (χ3n) is 4.68. The van der Waals surface area contributed by atoms with Gasteiger partial charge in [-0.25, -0.2) is 8.78 Å². The topological polar surface area (TPSA) is 55.7 Å². The zero-order chi connectivity index (χ0) is 18.0. The van der Waals surface area contributed by atoms with Gasteiger partial charge in [-0.15, -0.1) is 0 Å². The number of nitrogens with one attached hydrogen (secondary N) is 1. The van der Waals surface area contributed by atoms with E-state index in [0.29, 0.717) is 6.54 Å². The molecule has 3 N–H and O–H groups in total. The van der Waals surface area contributed by atoms with Crippen molar-refractivity contribution >= 4 is 0 Å². The van der Waals surface area contributed by atoms with Crippen molar-refractivity contribution in [3.05, 3.63) is 71.3 Å². The van der Waals surface area contributed by atoms with E-state index in [2.05, 4.69) is 5.32 Å². The summed E-state index contributed by atoms with van der Waals surface area (Å²) in [5.41, 5.74) is 0.0444. The summed E-state index contributed by atoms with van der Waals surface area (Å²) in [6, 6.07) is 11.7. The maximum absolute atomic E-state index is 13.4. The molecule has 1 heterocycles. The van der Waals surface area contributed by atoms with E-state index in [1.54, 1.807) is 29.2 Å². The van der Waals surface area contributed by atoms with E-state index in [0.717, 1.165) is 11.1 Å². The van der Waals surface area contributed by atoms with Gasteiger partial charge < -0.3 is 15.5 Å². The minimum atomic E-state index is -1.47. The standard InChI is InChI=1S/C19H22F2N2O2/c1-13-10-23(19(25,12-24)11-22-13)18(14-2-6-16(20)7-3-14)15-4-8-17(21)9-5-15/h2-9,13,18,22,24-25H,10-12H2,1H3/t13-,19?/m0/s1. The van der Waals surface area contributed by atoms with Crippen molar-refractivity contribution in [1.29, 1.82) is 0 Å². The molecule has 0 spiro atoms. The molecule has 1 fully saturated rings. The highest BCUT2D eigenvalue weighted by Crippen LogP contribution is 2.35. The monoisotopic (exact) mass is 348 g/mol. The first kappa shape index (κ1) is 17.9. The fourth-order valence-corrected chi connectivity index (χ4v) is 3.30. The van der Waals surface area contributed by atoms with Gasteiger partial charge in [0.15, 0.2) is 5.72 Å². The number of aliphatic hydroxyl groups is 2. The van der Waals surface area contributed by atoms with Crippen LogP contribution in [0.2, 0.25) is 0 Å². The van der Waals surface area contributed by atoms with E-state index in [1.807, 2.05) is 6.92 Å². The SMILES string of the molecule is C[C@H]1CN(C(c2ccc(F)cc2)c2ccc(F)cc2)C(O)(CO)CN1. The molecule has 1 unspecified atom stereocenters. The fraction of sp³-hybridized carbons (Fsp3) is 0.368. The predicted molar refractivity (Wildman–Crippen MR) is 90.8 cm³/mol. The van der Waals surface area contributed by atoms with Gasteiger partial charge in [0.25, 0.3) is 0 Å². The molecule has 0 aromatic heterocycles. The van der Waals surface area contributed by atoms with Gasteiger partial charge in [0.1, 0.15) is 11.6 Å². The number of halogens is 2. The highest BCUT2D eigenvalue weighted by molar-refractivity contribution is 5.33. The zero-order valence-electron chi connectivity index (χ0n) is 14.0. The Morgan fingerprint density at radius 3 is 2.00 bits per heavy atom. The molecule has 4 nitrogen and oxygen atoms in total. The fourth-order valence-electron chi connectivity index (χ4n) is 3.30. The van der Waals surface area contributed by atoms with Crippen LogP contribution < -0.4 is 5.32 Å². The molecule has 1 saturated heterocycles. The van der Waals surface area contributed by atoms with Crippen molar-refractivity contribution in [2.75, 3.05) is 19.7 Å². The maximum atomic E-state index is 13.4. The van der Waals surface area contributed by atoms with Crippen molar-refractivity contribution in [3.8, 4) is 0 Å². The minimum Gasteiger partial charge on any atom is -0.392 e. The first-order chi connectivity index (χ1) is 11.9. The van der Waals surface area contributed by atoms with Gasteiger partial charge in [-0.2, -0.15) is 0 Å². The largest absolute Gasteiger partial charge is 0.392 e. The summed E-state index contributed by atoms with van der Waals surface area (Å²) in [6.07, 6.45) is 0. The number of nitrogens with zero attached hydrogens (tertiary/aromatic N) is 1. The third-order valence-corrected chi connectivity index (χ3v) is 4.68. The van der Waals surface area contributed by atoms with Gasteiger partial charge in [0.2, 0.25) is 0 Å². The maximum Gasteiger partial charge on any atom is 0.155 e. The number of benzene rings is 2. The van der Waals surface area contributed by atoms with E-state index in [4.69, 9.17) is 0 Å². The Morgan fingerprint density at radius 1 is 1.08 bits per heavy atom. The summed E-state index contributed by atoms with van der Waals surface area (Å²) in [7, 11) is 0. The molecular formula is C19H22F2N2O2. The lowest BCUT2D eigenvalue weighted by Crippen LogP contribution is -2.66. The Hall–Kier alpha value is -1.86. The minimum absolute atomic E-state index is 0.0928. The van der Waals surface area contributed by atoms with Crippen molar-refractivity contribution in [2.45, 2.75) is 24.7 Å². The molecule has 0 bridgehead atoms. The third kappa shape index (κ3) is 3.72. The van der Waals surface area contributed by atoms with Crippen LogP contribution >= 0.6 is 0 Å². The van der Waals surface area contributed by atoms with Crippen molar-refractivity contribution < 1.29 is 19.0 Å². The lowest BCUT2D eigenvalue weighted by Gasteiger charge is -2.49. The van der Waals surface area contributed by atoms with E-state index in [-0.39, 0.29) is 24.2 Å². The molecule has 6 heteroatoms. The van der Waals surface area contributed by atoms with Gasteiger partial charge in [-0.1, -0.05) is 24.3 Å². The lowest BCUT2D eigenvalue weighted by molar-refractivity contribution is -0.167. The van der Waals surface area contributed by atoms with E-state index in [1.165, 1.54) is 24.3 Å². The first-order valence-electron chi connectivity index (χ1n) is 8.27. The van der Waals surface area contributed by atoms with Crippen LogP contribution in [0.1, 0.15) is 24.1 Å². The highest BCUT2D eigenvalue weighted by atomic mass is 19.1. The van der Waals surface area contributed by atoms with Gasteiger partial charge in [0.05, 0.1) is 12.6 Å². The molecule has 0 radical (unpaired) electrons. The summed E-state index contributed by atoms with van der Waals surface area (Å²) in [5, 5.41) is 23.9. The molecule has 0 saturated carbocycles. The summed E-state index contributed by atoms with van der Waals surface area (Å²) >= 11 is 0. The van der Waals surface area contributed by atoms with E-state index < -0.39 is 18.4 Å². The lowest BCUT2D eigenvalue weighted by atomic mass is 9.92. The number of rotatable bonds is 4. The number of β-amino-alcohol motifs (C(OH)–C–C–N with tert-alkyl or cyclic N) is 1. The Kier molecular flexibility index (Phi) is 5.15. The van der Waals surface area contributed by atoms with Gasteiger partial charge in [-0.3, -0.25) is 4.90 Å². The van der Waals surface area contributed by atoms with E-state index >= 15 is 0 Å². The van der Waals surface area contributed by atoms with Crippen LogP contribution in [-0.2, 0) is 0 Å². The van der Waals surface area contributed by atoms with Gasteiger partial charge in [-0.05, 0) is 42.3 Å².